The molecule has 30 heavy (non-hydrogen) atoms. The van der Waals surface area contributed by atoms with Crippen LogP contribution in [0.5, 0.6) is 0 Å². The summed E-state index contributed by atoms with van der Waals surface area (Å²) in [7, 11) is 0. The van der Waals surface area contributed by atoms with E-state index in [9.17, 15) is 14.0 Å². The lowest BCUT2D eigenvalue weighted by Gasteiger charge is -2.31. The van der Waals surface area contributed by atoms with Gasteiger partial charge in [-0.3, -0.25) is 14.2 Å². The van der Waals surface area contributed by atoms with Crippen LogP contribution in [0.3, 0.4) is 0 Å². The Morgan fingerprint density at radius 3 is 2.97 bits per heavy atom. The minimum atomic E-state index is -0.333. The van der Waals surface area contributed by atoms with E-state index in [-0.39, 0.29) is 29.7 Å². The highest BCUT2D eigenvalue weighted by Gasteiger charge is 2.31. The molecule has 1 saturated carbocycles. The number of hydrogen-bond donors (Lipinski definition) is 1. The highest BCUT2D eigenvalue weighted by Crippen LogP contribution is 2.30. The Balaban J connectivity index is 1.37. The largest absolute Gasteiger partial charge is 0.353 e. The maximum atomic E-state index is 13.4. The van der Waals surface area contributed by atoms with Crippen LogP contribution in [-0.2, 0) is 11.3 Å². The molecule has 1 atom stereocenters. The van der Waals surface area contributed by atoms with Gasteiger partial charge in [0.1, 0.15) is 16.8 Å². The van der Waals surface area contributed by atoms with Crippen molar-refractivity contribution in [2.75, 3.05) is 18.0 Å². The molecule has 5 rings (SSSR count). The van der Waals surface area contributed by atoms with Gasteiger partial charge >= 0.3 is 0 Å². The molecule has 3 aromatic rings. The monoisotopic (exact) mass is 427 g/mol. The van der Waals surface area contributed by atoms with Crippen LogP contribution in [0.1, 0.15) is 31.2 Å². The molecule has 9 heteroatoms. The van der Waals surface area contributed by atoms with E-state index in [1.54, 1.807) is 12.1 Å². The minimum absolute atomic E-state index is 0.0519. The van der Waals surface area contributed by atoms with Crippen molar-refractivity contribution in [1.82, 2.24) is 19.9 Å². The molecule has 1 aliphatic heterocycles. The number of benzene rings is 1. The molecule has 3 heterocycles. The number of thiazole rings is 1. The Hall–Kier alpha value is -2.81. The van der Waals surface area contributed by atoms with Crippen LogP contribution in [0, 0.1) is 11.7 Å². The summed E-state index contributed by atoms with van der Waals surface area (Å²) >= 11 is 1.31. The van der Waals surface area contributed by atoms with Gasteiger partial charge in [-0.05, 0) is 43.4 Å². The lowest BCUT2D eigenvalue weighted by atomic mass is 9.97. The maximum absolute atomic E-state index is 13.4. The van der Waals surface area contributed by atoms with Gasteiger partial charge in [-0.25, -0.2) is 9.37 Å². The molecular formula is C21H22FN5O2S. The standard InChI is InChI=1S/C21H22FN5O2S/c22-15-5-1-3-13(9-15)10-27-12-23-18-17(20(27)29)30-21(25-18)26-8-2-4-14(11-26)19(28)24-16-6-7-16/h1,3,5,9,12,14,16H,2,4,6-8,10-11H2,(H,24,28). The van der Waals surface area contributed by atoms with Crippen LogP contribution in [-0.4, -0.2) is 39.6 Å². The summed E-state index contributed by atoms with van der Waals surface area (Å²) in [5.74, 6) is -0.261. The molecule has 7 nitrogen and oxygen atoms in total. The molecule has 1 aromatic carbocycles. The molecule has 2 fully saturated rings. The van der Waals surface area contributed by atoms with Crippen molar-refractivity contribution in [2.24, 2.45) is 5.92 Å². The van der Waals surface area contributed by atoms with Crippen molar-refractivity contribution in [3.63, 3.8) is 0 Å². The van der Waals surface area contributed by atoms with E-state index in [0.717, 1.165) is 37.4 Å². The first-order chi connectivity index (χ1) is 14.6. The number of carbonyl (C=O) groups is 1. The van der Waals surface area contributed by atoms with E-state index in [1.807, 2.05) is 0 Å². The maximum Gasteiger partial charge on any atom is 0.273 e. The van der Waals surface area contributed by atoms with Crippen LogP contribution >= 0.6 is 11.3 Å². The fourth-order valence-corrected chi connectivity index (χ4v) is 4.83. The molecule has 2 aliphatic rings. The Morgan fingerprint density at radius 1 is 1.30 bits per heavy atom. The molecule has 0 bridgehead atoms. The number of hydrogen-bond acceptors (Lipinski definition) is 6. The van der Waals surface area contributed by atoms with E-state index in [4.69, 9.17) is 0 Å². The summed E-state index contributed by atoms with van der Waals surface area (Å²) in [5, 5.41) is 3.81. The number of nitrogens with one attached hydrogen (secondary N) is 1. The van der Waals surface area contributed by atoms with Gasteiger partial charge in [0, 0.05) is 19.1 Å². The van der Waals surface area contributed by atoms with E-state index in [2.05, 4.69) is 20.2 Å². The highest BCUT2D eigenvalue weighted by molar-refractivity contribution is 7.22. The average molecular weight is 428 g/mol. The van der Waals surface area contributed by atoms with Crippen LogP contribution in [0.4, 0.5) is 9.52 Å². The Kier molecular flexibility index (Phi) is 4.98. The number of aromatic nitrogens is 3. The van der Waals surface area contributed by atoms with Gasteiger partial charge in [-0.1, -0.05) is 23.5 Å². The fourth-order valence-electron chi connectivity index (χ4n) is 3.83. The first-order valence-electron chi connectivity index (χ1n) is 10.2. The van der Waals surface area contributed by atoms with Crippen LogP contribution in [0.25, 0.3) is 10.3 Å². The van der Waals surface area contributed by atoms with Crippen molar-refractivity contribution in [1.29, 1.82) is 0 Å². The zero-order valence-electron chi connectivity index (χ0n) is 16.4. The summed E-state index contributed by atoms with van der Waals surface area (Å²) in [6.45, 7) is 1.67. The topological polar surface area (TPSA) is 80.1 Å². The van der Waals surface area contributed by atoms with Crippen LogP contribution in [0.15, 0.2) is 35.4 Å². The van der Waals surface area contributed by atoms with Gasteiger partial charge in [0.05, 0.1) is 12.5 Å². The Labute approximate surface area is 176 Å². The number of anilines is 1. The predicted molar refractivity (Wildman–Crippen MR) is 113 cm³/mol. The summed E-state index contributed by atoms with van der Waals surface area (Å²) < 4.78 is 15.4. The van der Waals surface area contributed by atoms with E-state index in [1.165, 1.54) is 34.4 Å². The van der Waals surface area contributed by atoms with Gasteiger partial charge in [0.25, 0.3) is 5.56 Å². The zero-order valence-corrected chi connectivity index (χ0v) is 17.2. The molecule has 1 aliphatic carbocycles. The molecule has 1 amide bonds. The summed E-state index contributed by atoms with van der Waals surface area (Å²) in [6.07, 6.45) is 5.40. The normalized spacial score (nSPS) is 19.2. The summed E-state index contributed by atoms with van der Waals surface area (Å²) in [6, 6.07) is 6.54. The fraction of sp³-hybridized carbons (Fsp3) is 0.429. The third-order valence-corrected chi connectivity index (χ3v) is 6.69. The van der Waals surface area contributed by atoms with Crippen molar-refractivity contribution < 1.29 is 9.18 Å². The smallest absolute Gasteiger partial charge is 0.273 e. The first-order valence-corrected chi connectivity index (χ1v) is 11.0. The predicted octanol–water partition coefficient (Wildman–Crippen LogP) is 2.54. The Morgan fingerprint density at radius 2 is 2.17 bits per heavy atom. The average Bonchev–Trinajstić information content (AvgIpc) is 3.45. The van der Waals surface area contributed by atoms with Gasteiger partial charge in [-0.15, -0.1) is 0 Å². The molecule has 2 aromatic heterocycles. The van der Waals surface area contributed by atoms with Crippen molar-refractivity contribution in [3.8, 4) is 0 Å². The number of piperidine rings is 1. The zero-order chi connectivity index (χ0) is 20.7. The summed E-state index contributed by atoms with van der Waals surface area (Å²) in [4.78, 5) is 36.4. The second-order valence-electron chi connectivity index (χ2n) is 8.02. The van der Waals surface area contributed by atoms with Crippen molar-refractivity contribution in [3.05, 3.63) is 52.3 Å². The van der Waals surface area contributed by atoms with Gasteiger partial charge in [-0.2, -0.15) is 4.98 Å². The first kappa shape index (κ1) is 19.2. The molecular weight excluding hydrogens is 405 g/mol. The number of halogens is 1. The second kappa shape index (κ2) is 7.79. The number of fused-ring (bicyclic) bond motifs is 1. The molecule has 1 unspecified atom stereocenters. The van der Waals surface area contributed by atoms with Crippen molar-refractivity contribution in [2.45, 2.75) is 38.3 Å². The lowest BCUT2D eigenvalue weighted by Crippen LogP contribution is -2.43. The number of nitrogens with zero attached hydrogens (tertiary/aromatic N) is 4. The third kappa shape index (κ3) is 3.94. The van der Waals surface area contributed by atoms with E-state index < -0.39 is 0 Å². The third-order valence-electron chi connectivity index (χ3n) is 5.60. The molecule has 1 saturated heterocycles. The van der Waals surface area contributed by atoms with Gasteiger partial charge in [0.2, 0.25) is 5.91 Å². The SMILES string of the molecule is O=C(NC1CC1)C1CCCN(c2nc3ncn(Cc4cccc(F)c4)c(=O)c3s2)C1. The van der Waals surface area contributed by atoms with Crippen LogP contribution < -0.4 is 15.8 Å². The van der Waals surface area contributed by atoms with Gasteiger partial charge in [0.15, 0.2) is 10.8 Å². The van der Waals surface area contributed by atoms with Crippen molar-refractivity contribution >= 4 is 32.7 Å². The lowest BCUT2D eigenvalue weighted by molar-refractivity contribution is -0.125. The number of amides is 1. The quantitative estimate of drug-likeness (QED) is 0.677. The summed E-state index contributed by atoms with van der Waals surface area (Å²) in [5.41, 5.74) is 0.927. The highest BCUT2D eigenvalue weighted by atomic mass is 32.1. The van der Waals surface area contributed by atoms with E-state index >= 15 is 0 Å². The second-order valence-corrected chi connectivity index (χ2v) is 9.00. The minimum Gasteiger partial charge on any atom is -0.353 e. The molecule has 156 valence electrons. The molecule has 0 spiro atoms. The number of carbonyl (C=O) groups excluding carboxylic acids is 1. The molecule has 0 radical (unpaired) electrons. The Bertz CT molecular complexity index is 1160. The van der Waals surface area contributed by atoms with Gasteiger partial charge < -0.3 is 10.2 Å². The van der Waals surface area contributed by atoms with Crippen LogP contribution in [0.2, 0.25) is 0 Å². The van der Waals surface area contributed by atoms with E-state index in [0.29, 0.717) is 28.5 Å². The molecule has 1 N–H and O–H groups in total. The number of rotatable bonds is 5.